The van der Waals surface area contributed by atoms with E-state index in [2.05, 4.69) is 27.7 Å². The summed E-state index contributed by atoms with van der Waals surface area (Å²) in [6.45, 7) is 14.8. The molecule has 0 bridgehead atoms. The Labute approximate surface area is 162 Å². The molecule has 2 unspecified atom stereocenters. The lowest BCUT2D eigenvalue weighted by Crippen LogP contribution is -2.24. The number of phosphoric acid groups is 1. The van der Waals surface area contributed by atoms with Gasteiger partial charge >= 0.3 is 7.82 Å². The van der Waals surface area contributed by atoms with Crippen molar-refractivity contribution in [3.8, 4) is 0 Å². The molecule has 5 nitrogen and oxygen atoms in total. The predicted molar refractivity (Wildman–Crippen MR) is 110 cm³/mol. The van der Waals surface area contributed by atoms with E-state index in [0.29, 0.717) is 38.1 Å². The molecule has 0 aliphatic carbocycles. The maximum Gasteiger partial charge on any atom is 0.491 e. The first-order chi connectivity index (χ1) is 12.5. The third-order valence-corrected chi connectivity index (χ3v) is 6.31. The third-order valence-electron chi connectivity index (χ3n) is 4.94. The van der Waals surface area contributed by atoms with Crippen molar-refractivity contribution in [3.05, 3.63) is 0 Å². The zero-order chi connectivity index (χ0) is 19.8. The van der Waals surface area contributed by atoms with Crippen molar-refractivity contribution in [2.24, 2.45) is 11.8 Å². The molecule has 0 radical (unpaired) electrons. The van der Waals surface area contributed by atoms with Crippen LogP contribution in [0.5, 0.6) is 0 Å². The van der Waals surface area contributed by atoms with Crippen LogP contribution in [0.4, 0.5) is 0 Å². The molecule has 0 fully saturated rings. The molecule has 6 heteroatoms. The monoisotopic (exact) mass is 393 g/mol. The van der Waals surface area contributed by atoms with Crippen LogP contribution in [-0.2, 0) is 18.2 Å². The molecule has 0 rings (SSSR count). The van der Waals surface area contributed by atoms with Gasteiger partial charge in [0, 0.05) is 13.1 Å². The smallest absolute Gasteiger partial charge is 0.286 e. The number of rotatable bonds is 18. The van der Waals surface area contributed by atoms with Crippen LogP contribution in [0.1, 0.15) is 92.9 Å². The van der Waals surface area contributed by atoms with Gasteiger partial charge in [0.25, 0.3) is 0 Å². The second-order valence-electron chi connectivity index (χ2n) is 7.07. The largest absolute Gasteiger partial charge is 0.491 e. The number of hydrogen-bond acceptors (Lipinski definition) is 5. The SMILES string of the molecule is CCCCC(CC)COP(=O)(OCC(CC)CCCC)ON(CC)CC. The highest BCUT2D eigenvalue weighted by Gasteiger charge is 2.31. The molecule has 0 spiro atoms. The maximum absolute atomic E-state index is 13.2. The summed E-state index contributed by atoms with van der Waals surface area (Å²) < 4.78 is 30.5. The van der Waals surface area contributed by atoms with Gasteiger partial charge in [0.2, 0.25) is 0 Å². The molecule has 0 N–H and O–H groups in total. The van der Waals surface area contributed by atoms with E-state index in [4.69, 9.17) is 13.7 Å². The van der Waals surface area contributed by atoms with Crippen molar-refractivity contribution >= 4 is 7.82 Å². The molecule has 158 valence electrons. The Morgan fingerprint density at radius 3 is 1.50 bits per heavy atom. The molecule has 0 saturated heterocycles. The molecule has 0 heterocycles. The van der Waals surface area contributed by atoms with Crippen LogP contribution in [0.25, 0.3) is 0 Å². The molecule has 0 saturated carbocycles. The molecular formula is C20H44NO4P. The summed E-state index contributed by atoms with van der Waals surface area (Å²) >= 11 is 0. The number of hydroxylamine groups is 2. The molecule has 0 aromatic carbocycles. The van der Waals surface area contributed by atoms with E-state index >= 15 is 0 Å². The van der Waals surface area contributed by atoms with Crippen molar-refractivity contribution in [2.45, 2.75) is 92.9 Å². The average molecular weight is 394 g/mol. The van der Waals surface area contributed by atoms with E-state index in [9.17, 15) is 4.57 Å². The summed E-state index contributed by atoms with van der Waals surface area (Å²) in [6.07, 6.45) is 8.86. The van der Waals surface area contributed by atoms with Crippen LogP contribution in [0.15, 0.2) is 0 Å². The minimum Gasteiger partial charge on any atom is -0.286 e. The lowest BCUT2D eigenvalue weighted by atomic mass is 10.0. The van der Waals surface area contributed by atoms with E-state index in [-0.39, 0.29) is 0 Å². The van der Waals surface area contributed by atoms with E-state index in [0.717, 1.165) is 38.5 Å². The predicted octanol–water partition coefficient (Wildman–Crippen LogP) is 6.83. The topological polar surface area (TPSA) is 48.0 Å². The fourth-order valence-electron chi connectivity index (χ4n) is 2.75. The van der Waals surface area contributed by atoms with Gasteiger partial charge in [-0.2, -0.15) is 9.69 Å². The molecular weight excluding hydrogens is 349 g/mol. The lowest BCUT2D eigenvalue weighted by molar-refractivity contribution is -0.0885. The number of nitrogens with zero attached hydrogens (tertiary/aromatic N) is 1. The molecule has 0 aromatic heterocycles. The normalized spacial score (nSPS) is 16.6. The third kappa shape index (κ3) is 11.7. The van der Waals surface area contributed by atoms with Crippen molar-refractivity contribution in [1.82, 2.24) is 5.06 Å². The van der Waals surface area contributed by atoms with Crippen LogP contribution in [-0.4, -0.2) is 31.4 Å². The Morgan fingerprint density at radius 1 is 0.769 bits per heavy atom. The van der Waals surface area contributed by atoms with Crippen LogP contribution in [0.3, 0.4) is 0 Å². The molecule has 0 aromatic rings. The minimum atomic E-state index is -3.58. The first-order valence-corrected chi connectivity index (χ1v) is 12.3. The van der Waals surface area contributed by atoms with Gasteiger partial charge in [-0.15, -0.1) is 0 Å². The Hall–Kier alpha value is 0.0700. The molecule has 0 aliphatic heterocycles. The maximum atomic E-state index is 13.2. The molecule has 2 atom stereocenters. The summed E-state index contributed by atoms with van der Waals surface area (Å²) in [6, 6.07) is 0. The highest BCUT2D eigenvalue weighted by atomic mass is 31.2. The lowest BCUT2D eigenvalue weighted by Gasteiger charge is -2.27. The first kappa shape index (κ1) is 26.1. The van der Waals surface area contributed by atoms with Gasteiger partial charge in [-0.1, -0.05) is 80.1 Å². The van der Waals surface area contributed by atoms with E-state index in [1.165, 1.54) is 12.8 Å². The van der Waals surface area contributed by atoms with Gasteiger partial charge in [0.15, 0.2) is 0 Å². The summed E-state index contributed by atoms with van der Waals surface area (Å²) in [5, 5.41) is 1.65. The van der Waals surface area contributed by atoms with Crippen LogP contribution in [0, 0.1) is 11.8 Å². The average Bonchev–Trinajstić information content (AvgIpc) is 2.66. The molecule has 26 heavy (non-hydrogen) atoms. The number of unbranched alkanes of at least 4 members (excludes halogenated alkanes) is 2. The first-order valence-electron chi connectivity index (χ1n) is 10.8. The fourth-order valence-corrected chi connectivity index (χ4v) is 4.22. The minimum absolute atomic E-state index is 0.397. The summed E-state index contributed by atoms with van der Waals surface area (Å²) in [5.41, 5.74) is 0. The van der Waals surface area contributed by atoms with Crippen molar-refractivity contribution in [2.75, 3.05) is 26.3 Å². The number of phosphoric ester groups is 1. The van der Waals surface area contributed by atoms with E-state index in [1.807, 2.05) is 13.8 Å². The van der Waals surface area contributed by atoms with Crippen LogP contribution >= 0.6 is 7.82 Å². The van der Waals surface area contributed by atoms with Crippen LogP contribution in [0.2, 0.25) is 0 Å². The van der Waals surface area contributed by atoms with Crippen molar-refractivity contribution < 1.29 is 18.2 Å². The second kappa shape index (κ2) is 16.1. The van der Waals surface area contributed by atoms with E-state index < -0.39 is 7.82 Å². The van der Waals surface area contributed by atoms with Crippen molar-refractivity contribution in [1.29, 1.82) is 0 Å². The van der Waals surface area contributed by atoms with Gasteiger partial charge in [-0.3, -0.25) is 9.05 Å². The van der Waals surface area contributed by atoms with Gasteiger partial charge in [-0.05, 0) is 24.7 Å². The standard InChI is InChI=1S/C20H44NO4P/c1-7-13-15-19(9-3)17-23-26(22,25-21(11-5)12-6)24-18-20(10-4)16-14-8-2/h19-20H,7-18H2,1-6H3. The Bertz CT molecular complexity index is 340. The summed E-state index contributed by atoms with van der Waals surface area (Å²) in [5.74, 6) is 0.795. The van der Waals surface area contributed by atoms with Gasteiger partial charge < -0.3 is 0 Å². The molecule has 0 aliphatic rings. The van der Waals surface area contributed by atoms with Crippen molar-refractivity contribution in [3.63, 3.8) is 0 Å². The highest BCUT2D eigenvalue weighted by Crippen LogP contribution is 2.51. The zero-order valence-corrected chi connectivity index (χ0v) is 19.1. The summed E-state index contributed by atoms with van der Waals surface area (Å²) in [4.78, 5) is 0. The van der Waals surface area contributed by atoms with Crippen LogP contribution < -0.4 is 0 Å². The number of hydrogen-bond donors (Lipinski definition) is 0. The Morgan fingerprint density at radius 2 is 1.19 bits per heavy atom. The Kier molecular flexibility index (Phi) is 16.1. The molecule has 0 amide bonds. The van der Waals surface area contributed by atoms with Gasteiger partial charge in [0.05, 0.1) is 13.2 Å². The van der Waals surface area contributed by atoms with E-state index in [1.54, 1.807) is 5.06 Å². The summed E-state index contributed by atoms with van der Waals surface area (Å²) in [7, 11) is -3.58. The highest BCUT2D eigenvalue weighted by molar-refractivity contribution is 7.48. The quantitative estimate of drug-likeness (QED) is 0.189. The van der Waals surface area contributed by atoms with Gasteiger partial charge in [0.1, 0.15) is 0 Å². The zero-order valence-electron chi connectivity index (χ0n) is 18.2. The Balaban J connectivity index is 4.84. The fraction of sp³-hybridized carbons (Fsp3) is 1.00. The van der Waals surface area contributed by atoms with Gasteiger partial charge in [-0.25, -0.2) is 4.57 Å². The second-order valence-corrected chi connectivity index (χ2v) is 8.64.